The number of ether oxygens (including phenoxy) is 2. The van der Waals surface area contributed by atoms with Crippen molar-refractivity contribution in [1.82, 2.24) is 19.7 Å². The van der Waals surface area contributed by atoms with Crippen LogP contribution in [-0.4, -0.2) is 26.5 Å². The second-order valence-electron chi connectivity index (χ2n) is 6.42. The molecular formula is C20H17N5O2. The van der Waals surface area contributed by atoms with Gasteiger partial charge in [-0.3, -0.25) is 0 Å². The second kappa shape index (κ2) is 5.98. The Labute approximate surface area is 155 Å². The predicted octanol–water partition coefficient (Wildman–Crippen LogP) is 3.90. The molecule has 0 radical (unpaired) electrons. The molecule has 5 rings (SSSR count). The number of fused-ring (bicyclic) bond motifs is 2. The van der Waals surface area contributed by atoms with Crippen molar-refractivity contribution in [1.29, 1.82) is 0 Å². The third-order valence-corrected chi connectivity index (χ3v) is 4.43. The monoisotopic (exact) mass is 359 g/mol. The minimum absolute atomic E-state index is 0.247. The van der Waals surface area contributed by atoms with Gasteiger partial charge in [0.2, 0.25) is 6.79 Å². The number of rotatable bonds is 3. The molecule has 0 spiro atoms. The summed E-state index contributed by atoms with van der Waals surface area (Å²) in [5.41, 5.74) is 3.62. The zero-order valence-electron chi connectivity index (χ0n) is 14.9. The third-order valence-electron chi connectivity index (χ3n) is 4.43. The number of hydrogen-bond donors (Lipinski definition) is 1. The lowest BCUT2D eigenvalue weighted by Gasteiger charge is -2.12. The minimum atomic E-state index is 0.247. The zero-order chi connectivity index (χ0) is 18.4. The van der Waals surface area contributed by atoms with E-state index in [0.29, 0.717) is 11.8 Å². The number of para-hydroxylation sites is 1. The lowest BCUT2D eigenvalue weighted by molar-refractivity contribution is 0.174. The SMILES string of the molecule is Cc1cc(C)n(-c2nc(Nc3ccc4c(c3)OCO4)c3ccccc3n2)n1. The second-order valence-corrected chi connectivity index (χ2v) is 6.42. The topological polar surface area (TPSA) is 74.1 Å². The first-order valence-corrected chi connectivity index (χ1v) is 8.64. The molecule has 1 N–H and O–H groups in total. The Morgan fingerprint density at radius 1 is 0.963 bits per heavy atom. The van der Waals surface area contributed by atoms with Crippen LogP contribution in [0.3, 0.4) is 0 Å². The van der Waals surface area contributed by atoms with E-state index in [9.17, 15) is 0 Å². The normalized spacial score (nSPS) is 12.5. The van der Waals surface area contributed by atoms with Crippen molar-refractivity contribution in [2.75, 3.05) is 12.1 Å². The summed E-state index contributed by atoms with van der Waals surface area (Å²) in [6, 6.07) is 15.6. The molecule has 7 nitrogen and oxygen atoms in total. The van der Waals surface area contributed by atoms with E-state index in [1.165, 1.54) is 0 Å². The van der Waals surface area contributed by atoms with Gasteiger partial charge in [-0.15, -0.1) is 0 Å². The highest BCUT2D eigenvalue weighted by Crippen LogP contribution is 2.35. The van der Waals surface area contributed by atoms with Crippen LogP contribution in [0.2, 0.25) is 0 Å². The van der Waals surface area contributed by atoms with Crippen molar-refractivity contribution in [3.63, 3.8) is 0 Å². The van der Waals surface area contributed by atoms with Crippen LogP contribution < -0.4 is 14.8 Å². The van der Waals surface area contributed by atoms with Crippen LogP contribution in [0.25, 0.3) is 16.9 Å². The van der Waals surface area contributed by atoms with Gasteiger partial charge in [0.15, 0.2) is 11.5 Å². The van der Waals surface area contributed by atoms with Crippen LogP contribution in [0.5, 0.6) is 11.5 Å². The summed E-state index contributed by atoms with van der Waals surface area (Å²) in [4.78, 5) is 9.42. The predicted molar refractivity (Wildman–Crippen MR) is 102 cm³/mol. The molecule has 0 fully saturated rings. The Morgan fingerprint density at radius 2 is 1.81 bits per heavy atom. The van der Waals surface area contributed by atoms with E-state index in [2.05, 4.69) is 15.4 Å². The van der Waals surface area contributed by atoms with Crippen molar-refractivity contribution in [2.24, 2.45) is 0 Å². The van der Waals surface area contributed by atoms with Gasteiger partial charge in [-0.1, -0.05) is 12.1 Å². The molecule has 1 aliphatic heterocycles. The van der Waals surface area contributed by atoms with Crippen LogP contribution >= 0.6 is 0 Å². The van der Waals surface area contributed by atoms with E-state index in [1.54, 1.807) is 4.68 Å². The van der Waals surface area contributed by atoms with Crippen LogP contribution in [0.4, 0.5) is 11.5 Å². The fourth-order valence-electron chi connectivity index (χ4n) is 3.20. The van der Waals surface area contributed by atoms with E-state index in [4.69, 9.17) is 14.5 Å². The highest BCUT2D eigenvalue weighted by molar-refractivity contribution is 5.91. The molecule has 2 aromatic heterocycles. The Kier molecular flexibility index (Phi) is 3.46. The highest BCUT2D eigenvalue weighted by Gasteiger charge is 2.15. The number of aromatic nitrogens is 4. The fourth-order valence-corrected chi connectivity index (χ4v) is 3.20. The zero-order valence-corrected chi connectivity index (χ0v) is 14.9. The average molecular weight is 359 g/mol. The highest BCUT2D eigenvalue weighted by atomic mass is 16.7. The van der Waals surface area contributed by atoms with Gasteiger partial charge in [0, 0.05) is 22.8 Å². The quantitative estimate of drug-likeness (QED) is 0.598. The van der Waals surface area contributed by atoms with Crippen molar-refractivity contribution < 1.29 is 9.47 Å². The lowest BCUT2D eigenvalue weighted by atomic mass is 10.2. The molecule has 0 atom stereocenters. The number of aryl methyl sites for hydroxylation is 2. The number of hydrogen-bond acceptors (Lipinski definition) is 6. The Hall–Kier alpha value is -3.61. The Morgan fingerprint density at radius 3 is 2.67 bits per heavy atom. The van der Waals surface area contributed by atoms with E-state index in [0.717, 1.165) is 39.5 Å². The van der Waals surface area contributed by atoms with Crippen molar-refractivity contribution in [3.8, 4) is 17.4 Å². The first-order valence-electron chi connectivity index (χ1n) is 8.64. The maximum absolute atomic E-state index is 5.47. The fraction of sp³-hybridized carbons (Fsp3) is 0.150. The van der Waals surface area contributed by atoms with E-state index < -0.39 is 0 Å². The lowest BCUT2D eigenvalue weighted by Crippen LogP contribution is -2.07. The van der Waals surface area contributed by atoms with Gasteiger partial charge >= 0.3 is 0 Å². The molecule has 0 saturated heterocycles. The largest absolute Gasteiger partial charge is 0.454 e. The van der Waals surface area contributed by atoms with Crippen LogP contribution in [0.15, 0.2) is 48.5 Å². The van der Waals surface area contributed by atoms with Gasteiger partial charge in [-0.25, -0.2) is 9.67 Å². The summed E-state index contributed by atoms with van der Waals surface area (Å²) in [5.74, 6) is 2.71. The van der Waals surface area contributed by atoms with Crippen molar-refractivity contribution in [2.45, 2.75) is 13.8 Å². The summed E-state index contributed by atoms with van der Waals surface area (Å²) in [5, 5.41) is 8.83. The first-order chi connectivity index (χ1) is 13.2. The summed E-state index contributed by atoms with van der Waals surface area (Å²) < 4.78 is 12.6. The number of benzene rings is 2. The van der Waals surface area contributed by atoms with Gasteiger partial charge < -0.3 is 14.8 Å². The molecule has 0 aliphatic carbocycles. The molecule has 0 saturated carbocycles. The molecule has 0 amide bonds. The number of nitrogens with one attached hydrogen (secondary N) is 1. The molecular weight excluding hydrogens is 342 g/mol. The molecule has 27 heavy (non-hydrogen) atoms. The first kappa shape index (κ1) is 15.6. The standard InChI is InChI=1S/C20H17N5O2/c1-12-9-13(2)25(24-12)20-22-16-6-4-3-5-15(16)19(23-20)21-14-7-8-17-18(10-14)27-11-26-17/h3-10H,11H2,1-2H3,(H,21,22,23). The molecule has 0 bridgehead atoms. The summed E-state index contributed by atoms with van der Waals surface area (Å²) >= 11 is 0. The number of nitrogens with zero attached hydrogens (tertiary/aromatic N) is 4. The molecule has 3 heterocycles. The Bertz CT molecular complexity index is 1170. The number of anilines is 2. The smallest absolute Gasteiger partial charge is 0.253 e. The summed E-state index contributed by atoms with van der Waals surface area (Å²) in [7, 11) is 0. The molecule has 1 aliphatic rings. The van der Waals surface area contributed by atoms with Gasteiger partial charge in [0.25, 0.3) is 5.95 Å². The van der Waals surface area contributed by atoms with Gasteiger partial charge in [0.1, 0.15) is 5.82 Å². The molecule has 7 heteroatoms. The molecule has 0 unspecified atom stereocenters. The average Bonchev–Trinajstić information content (AvgIpc) is 3.27. The molecule has 4 aromatic rings. The van der Waals surface area contributed by atoms with E-state index >= 15 is 0 Å². The molecule has 2 aromatic carbocycles. The van der Waals surface area contributed by atoms with Crippen LogP contribution in [-0.2, 0) is 0 Å². The summed E-state index contributed by atoms with van der Waals surface area (Å²) in [6.07, 6.45) is 0. The van der Waals surface area contributed by atoms with E-state index in [-0.39, 0.29) is 6.79 Å². The van der Waals surface area contributed by atoms with Crippen molar-refractivity contribution in [3.05, 3.63) is 59.9 Å². The van der Waals surface area contributed by atoms with Crippen molar-refractivity contribution >= 4 is 22.4 Å². The molecule has 134 valence electrons. The van der Waals surface area contributed by atoms with Crippen LogP contribution in [0.1, 0.15) is 11.4 Å². The maximum atomic E-state index is 5.47. The van der Waals surface area contributed by atoms with Gasteiger partial charge in [0.05, 0.1) is 11.2 Å². The van der Waals surface area contributed by atoms with E-state index in [1.807, 2.05) is 62.4 Å². The minimum Gasteiger partial charge on any atom is -0.454 e. The van der Waals surface area contributed by atoms with Gasteiger partial charge in [-0.05, 0) is 44.2 Å². The maximum Gasteiger partial charge on any atom is 0.253 e. The summed E-state index contributed by atoms with van der Waals surface area (Å²) in [6.45, 7) is 4.19. The van der Waals surface area contributed by atoms with Crippen LogP contribution in [0, 0.1) is 13.8 Å². The van der Waals surface area contributed by atoms with Gasteiger partial charge in [-0.2, -0.15) is 10.1 Å². The Balaban J connectivity index is 1.63. The third kappa shape index (κ3) is 2.73.